The maximum Gasteiger partial charge on any atom is 0.410 e. The van der Waals surface area contributed by atoms with E-state index in [1.54, 1.807) is 4.90 Å². The highest BCUT2D eigenvalue weighted by molar-refractivity contribution is 5.67. The zero-order valence-corrected chi connectivity index (χ0v) is 11.3. The second kappa shape index (κ2) is 6.00. The number of benzene rings is 1. The number of ether oxygens (including phenoxy) is 3. The highest BCUT2D eigenvalue weighted by Gasteiger charge is 2.18. The van der Waals surface area contributed by atoms with Gasteiger partial charge in [-0.15, -0.1) is 0 Å². The van der Waals surface area contributed by atoms with Gasteiger partial charge in [-0.25, -0.2) is 4.79 Å². The molecule has 1 N–H and O–H groups in total. The quantitative estimate of drug-likeness (QED) is 0.874. The van der Waals surface area contributed by atoms with Gasteiger partial charge in [0, 0.05) is 26.2 Å². The molecule has 6 heteroatoms. The van der Waals surface area contributed by atoms with Crippen LogP contribution < -0.4 is 14.8 Å². The van der Waals surface area contributed by atoms with Crippen LogP contribution in [0.25, 0.3) is 0 Å². The van der Waals surface area contributed by atoms with Crippen molar-refractivity contribution < 1.29 is 19.0 Å². The number of hydrogen-bond donors (Lipinski definition) is 1. The molecule has 2 aliphatic rings. The Morgan fingerprint density at radius 3 is 2.75 bits per heavy atom. The lowest BCUT2D eigenvalue weighted by Gasteiger charge is -2.26. The van der Waals surface area contributed by atoms with Gasteiger partial charge in [-0.2, -0.15) is 0 Å². The van der Waals surface area contributed by atoms with Crippen LogP contribution in [0.2, 0.25) is 0 Å². The molecule has 20 heavy (non-hydrogen) atoms. The summed E-state index contributed by atoms with van der Waals surface area (Å²) in [5.41, 5.74) is 0.901. The Balaban J connectivity index is 1.56. The number of piperazine rings is 1. The number of fused-ring (bicyclic) bond motifs is 1. The Bertz CT molecular complexity index is 486. The van der Waals surface area contributed by atoms with Crippen molar-refractivity contribution in [2.75, 3.05) is 39.4 Å². The van der Waals surface area contributed by atoms with Gasteiger partial charge >= 0.3 is 6.09 Å². The molecule has 0 atom stereocenters. The van der Waals surface area contributed by atoms with Crippen LogP contribution in [0.5, 0.6) is 11.5 Å². The third-order valence-electron chi connectivity index (χ3n) is 3.34. The number of carbonyl (C=O) groups is 1. The van der Waals surface area contributed by atoms with Gasteiger partial charge in [0.25, 0.3) is 0 Å². The molecule has 0 radical (unpaired) electrons. The van der Waals surface area contributed by atoms with Gasteiger partial charge in [-0.1, -0.05) is 6.07 Å². The normalized spacial score (nSPS) is 17.7. The van der Waals surface area contributed by atoms with E-state index >= 15 is 0 Å². The Morgan fingerprint density at radius 1 is 1.20 bits per heavy atom. The van der Waals surface area contributed by atoms with Crippen molar-refractivity contribution in [2.24, 2.45) is 0 Å². The van der Waals surface area contributed by atoms with Gasteiger partial charge in [-0.05, 0) is 17.7 Å². The number of rotatable bonds is 2. The van der Waals surface area contributed by atoms with Crippen LogP contribution in [0, 0.1) is 0 Å². The zero-order valence-electron chi connectivity index (χ0n) is 11.3. The lowest BCUT2D eigenvalue weighted by atomic mass is 10.2. The molecule has 0 bridgehead atoms. The predicted molar refractivity (Wildman–Crippen MR) is 72.1 cm³/mol. The first-order chi connectivity index (χ1) is 9.83. The lowest BCUT2D eigenvalue weighted by Crippen LogP contribution is -2.46. The average molecular weight is 278 g/mol. The molecular formula is C14H18N2O4. The van der Waals surface area contributed by atoms with E-state index in [0.29, 0.717) is 32.1 Å². The topological polar surface area (TPSA) is 60.0 Å². The van der Waals surface area contributed by atoms with Crippen molar-refractivity contribution in [3.8, 4) is 11.5 Å². The minimum atomic E-state index is -0.263. The van der Waals surface area contributed by atoms with Crippen LogP contribution in [0.15, 0.2) is 18.2 Å². The molecule has 0 aromatic heterocycles. The first-order valence-corrected chi connectivity index (χ1v) is 6.84. The molecule has 2 heterocycles. The van der Waals surface area contributed by atoms with Crippen molar-refractivity contribution in [3.05, 3.63) is 23.8 Å². The highest BCUT2D eigenvalue weighted by Crippen LogP contribution is 2.30. The van der Waals surface area contributed by atoms with E-state index in [4.69, 9.17) is 14.2 Å². The molecule has 1 aromatic rings. The highest BCUT2D eigenvalue weighted by atomic mass is 16.6. The van der Waals surface area contributed by atoms with Gasteiger partial charge in [0.15, 0.2) is 11.5 Å². The van der Waals surface area contributed by atoms with E-state index in [0.717, 1.165) is 24.4 Å². The van der Waals surface area contributed by atoms with Crippen LogP contribution in [-0.4, -0.2) is 50.4 Å². The molecule has 108 valence electrons. The van der Waals surface area contributed by atoms with Gasteiger partial charge in [-0.3, -0.25) is 0 Å². The lowest BCUT2D eigenvalue weighted by molar-refractivity contribution is 0.0916. The fourth-order valence-electron chi connectivity index (χ4n) is 2.26. The fourth-order valence-corrected chi connectivity index (χ4v) is 2.26. The SMILES string of the molecule is O=C(OCc1ccc2c(c1)OCCO2)N1CCNCC1. The number of nitrogens with one attached hydrogen (secondary N) is 1. The molecule has 0 saturated carbocycles. The van der Waals surface area contributed by atoms with Crippen molar-refractivity contribution >= 4 is 6.09 Å². The summed E-state index contributed by atoms with van der Waals surface area (Å²) < 4.78 is 16.3. The first-order valence-electron chi connectivity index (χ1n) is 6.84. The van der Waals surface area contributed by atoms with Crippen LogP contribution in [-0.2, 0) is 11.3 Å². The Labute approximate surface area is 117 Å². The van der Waals surface area contributed by atoms with Crippen LogP contribution in [0.3, 0.4) is 0 Å². The minimum absolute atomic E-state index is 0.249. The molecule has 0 aliphatic carbocycles. The molecule has 3 rings (SSSR count). The predicted octanol–water partition coefficient (Wildman–Crippen LogP) is 1.000. The second-order valence-electron chi connectivity index (χ2n) is 4.77. The van der Waals surface area contributed by atoms with Crippen LogP contribution in [0.4, 0.5) is 4.79 Å². The molecule has 0 unspecified atom stereocenters. The molecule has 0 spiro atoms. The molecule has 1 aromatic carbocycles. The largest absolute Gasteiger partial charge is 0.486 e. The van der Waals surface area contributed by atoms with E-state index in [1.165, 1.54) is 0 Å². The fraction of sp³-hybridized carbons (Fsp3) is 0.500. The molecule has 1 saturated heterocycles. The summed E-state index contributed by atoms with van der Waals surface area (Å²) in [4.78, 5) is 13.6. The molecular weight excluding hydrogens is 260 g/mol. The summed E-state index contributed by atoms with van der Waals surface area (Å²) in [5.74, 6) is 1.46. The van der Waals surface area contributed by atoms with E-state index in [1.807, 2.05) is 18.2 Å². The minimum Gasteiger partial charge on any atom is -0.486 e. The zero-order chi connectivity index (χ0) is 13.8. The number of amides is 1. The van der Waals surface area contributed by atoms with Crippen molar-refractivity contribution in [1.29, 1.82) is 0 Å². The monoisotopic (exact) mass is 278 g/mol. The summed E-state index contributed by atoms with van der Waals surface area (Å²) in [7, 11) is 0. The number of carbonyl (C=O) groups excluding carboxylic acids is 1. The Kier molecular flexibility index (Phi) is 3.92. The van der Waals surface area contributed by atoms with Crippen molar-refractivity contribution in [1.82, 2.24) is 10.2 Å². The van der Waals surface area contributed by atoms with Gasteiger partial charge in [0.05, 0.1) is 0 Å². The third kappa shape index (κ3) is 2.96. The summed E-state index contributed by atoms with van der Waals surface area (Å²) >= 11 is 0. The average Bonchev–Trinajstić information content (AvgIpc) is 2.53. The third-order valence-corrected chi connectivity index (χ3v) is 3.34. The summed E-state index contributed by atoms with van der Waals surface area (Å²) in [6.45, 7) is 4.40. The van der Waals surface area contributed by atoms with Gasteiger partial charge in [0.2, 0.25) is 0 Å². The van der Waals surface area contributed by atoms with Crippen molar-refractivity contribution in [2.45, 2.75) is 6.61 Å². The van der Waals surface area contributed by atoms with Crippen LogP contribution >= 0.6 is 0 Å². The Morgan fingerprint density at radius 2 is 1.95 bits per heavy atom. The van der Waals surface area contributed by atoms with E-state index in [2.05, 4.69) is 5.32 Å². The maximum atomic E-state index is 11.9. The Hall–Kier alpha value is -1.95. The first kappa shape index (κ1) is 13.1. The molecule has 1 fully saturated rings. The van der Waals surface area contributed by atoms with E-state index in [9.17, 15) is 4.79 Å². The van der Waals surface area contributed by atoms with Crippen molar-refractivity contribution in [3.63, 3.8) is 0 Å². The van der Waals surface area contributed by atoms with E-state index in [-0.39, 0.29) is 12.7 Å². The van der Waals surface area contributed by atoms with E-state index < -0.39 is 0 Å². The molecule has 6 nitrogen and oxygen atoms in total. The summed E-state index contributed by atoms with van der Waals surface area (Å²) in [5, 5.41) is 3.20. The molecule has 2 aliphatic heterocycles. The number of hydrogen-bond acceptors (Lipinski definition) is 5. The number of nitrogens with zero attached hydrogens (tertiary/aromatic N) is 1. The summed E-state index contributed by atoms with van der Waals surface area (Å²) in [6, 6.07) is 5.60. The standard InChI is InChI=1S/C14H18N2O4/c17-14(16-5-3-15-4-6-16)20-10-11-1-2-12-13(9-11)19-8-7-18-12/h1-2,9,15H,3-8,10H2. The molecule has 1 amide bonds. The van der Waals surface area contributed by atoms with Gasteiger partial charge in [0.1, 0.15) is 19.8 Å². The smallest absolute Gasteiger partial charge is 0.410 e. The second-order valence-corrected chi connectivity index (χ2v) is 4.77. The van der Waals surface area contributed by atoms with Crippen LogP contribution in [0.1, 0.15) is 5.56 Å². The van der Waals surface area contributed by atoms with Gasteiger partial charge < -0.3 is 24.4 Å². The maximum absolute atomic E-state index is 11.9. The summed E-state index contributed by atoms with van der Waals surface area (Å²) in [6.07, 6.45) is -0.263.